The monoisotopic (exact) mass is 265 g/mol. The number of benzene rings is 1. The first-order valence-electron chi connectivity index (χ1n) is 6.12. The molecule has 1 aliphatic rings. The molecule has 3 N–H and O–H groups in total. The second-order valence-electron chi connectivity index (χ2n) is 4.65. The van der Waals surface area contributed by atoms with Crippen LogP contribution in [0.5, 0.6) is 0 Å². The SMILES string of the molecule is CC(=O)Nc1ccc(F)c(NC(=O)CC2CNC2)c1. The van der Waals surface area contributed by atoms with E-state index in [9.17, 15) is 14.0 Å². The van der Waals surface area contributed by atoms with Gasteiger partial charge in [0.15, 0.2) is 0 Å². The number of hydrogen-bond donors (Lipinski definition) is 3. The molecular formula is C13H16FN3O2. The van der Waals surface area contributed by atoms with Crippen molar-refractivity contribution in [1.29, 1.82) is 0 Å². The van der Waals surface area contributed by atoms with E-state index >= 15 is 0 Å². The van der Waals surface area contributed by atoms with Gasteiger partial charge in [-0.1, -0.05) is 0 Å². The molecule has 2 amide bonds. The lowest BCUT2D eigenvalue weighted by atomic mass is 9.99. The summed E-state index contributed by atoms with van der Waals surface area (Å²) in [6.45, 7) is 3.01. The number of hydrogen-bond acceptors (Lipinski definition) is 3. The highest BCUT2D eigenvalue weighted by Crippen LogP contribution is 2.20. The van der Waals surface area contributed by atoms with Crippen LogP contribution < -0.4 is 16.0 Å². The Morgan fingerprint density at radius 3 is 2.68 bits per heavy atom. The summed E-state index contributed by atoms with van der Waals surface area (Å²) in [5.74, 6) is -0.662. The first-order chi connectivity index (χ1) is 9.04. The van der Waals surface area contributed by atoms with Crippen LogP contribution in [0.2, 0.25) is 0 Å². The summed E-state index contributed by atoms with van der Waals surface area (Å²) in [5.41, 5.74) is 0.540. The van der Waals surface area contributed by atoms with Crippen LogP contribution in [0.25, 0.3) is 0 Å². The Bertz CT molecular complexity index is 501. The number of amides is 2. The molecule has 6 heteroatoms. The third kappa shape index (κ3) is 3.75. The Hall–Kier alpha value is -1.95. The number of carbonyl (C=O) groups excluding carboxylic acids is 2. The maximum absolute atomic E-state index is 13.6. The average molecular weight is 265 g/mol. The lowest BCUT2D eigenvalue weighted by molar-refractivity contribution is -0.117. The topological polar surface area (TPSA) is 70.2 Å². The molecule has 1 heterocycles. The van der Waals surface area contributed by atoms with E-state index in [0.29, 0.717) is 18.0 Å². The molecule has 0 unspecified atom stereocenters. The van der Waals surface area contributed by atoms with Gasteiger partial charge in [0.05, 0.1) is 5.69 Å². The standard InChI is InChI=1S/C13H16FN3O2/c1-8(18)16-10-2-3-11(14)12(5-10)17-13(19)4-9-6-15-7-9/h2-3,5,9,15H,4,6-7H2,1H3,(H,16,18)(H,17,19). The summed E-state index contributed by atoms with van der Waals surface area (Å²) < 4.78 is 13.6. The van der Waals surface area contributed by atoms with Gasteiger partial charge in [-0.05, 0) is 37.2 Å². The van der Waals surface area contributed by atoms with Gasteiger partial charge in [0.2, 0.25) is 11.8 Å². The fraction of sp³-hybridized carbons (Fsp3) is 0.385. The van der Waals surface area contributed by atoms with Crippen molar-refractivity contribution in [3.8, 4) is 0 Å². The third-order valence-electron chi connectivity index (χ3n) is 2.90. The molecule has 1 fully saturated rings. The van der Waals surface area contributed by atoms with Crippen molar-refractivity contribution in [1.82, 2.24) is 5.32 Å². The number of anilines is 2. The zero-order chi connectivity index (χ0) is 13.8. The zero-order valence-electron chi connectivity index (χ0n) is 10.6. The van der Waals surface area contributed by atoms with E-state index in [0.717, 1.165) is 13.1 Å². The summed E-state index contributed by atoms with van der Waals surface area (Å²) >= 11 is 0. The minimum atomic E-state index is -0.519. The molecule has 0 bridgehead atoms. The van der Waals surface area contributed by atoms with Crippen LogP contribution in [0.4, 0.5) is 15.8 Å². The van der Waals surface area contributed by atoms with E-state index < -0.39 is 5.82 Å². The molecule has 1 aromatic rings. The molecule has 0 aromatic heterocycles. The van der Waals surface area contributed by atoms with Gasteiger partial charge in [-0.3, -0.25) is 9.59 Å². The van der Waals surface area contributed by atoms with Gasteiger partial charge in [0, 0.05) is 19.0 Å². The van der Waals surface area contributed by atoms with E-state index in [4.69, 9.17) is 0 Å². The Labute approximate surface area is 110 Å². The fourth-order valence-corrected chi connectivity index (χ4v) is 1.86. The van der Waals surface area contributed by atoms with Crippen LogP contribution in [0.1, 0.15) is 13.3 Å². The molecule has 1 aromatic carbocycles. The van der Waals surface area contributed by atoms with Crippen molar-refractivity contribution in [3.63, 3.8) is 0 Å². The molecule has 2 rings (SSSR count). The molecule has 5 nitrogen and oxygen atoms in total. The van der Waals surface area contributed by atoms with E-state index in [1.165, 1.54) is 25.1 Å². The zero-order valence-corrected chi connectivity index (χ0v) is 10.6. The van der Waals surface area contributed by atoms with E-state index in [1.54, 1.807) is 0 Å². The Kier molecular flexibility index (Phi) is 4.11. The van der Waals surface area contributed by atoms with Gasteiger partial charge in [0.25, 0.3) is 0 Å². The second-order valence-corrected chi connectivity index (χ2v) is 4.65. The van der Waals surface area contributed by atoms with Crippen molar-refractivity contribution in [2.75, 3.05) is 23.7 Å². The van der Waals surface area contributed by atoms with Gasteiger partial charge in [0.1, 0.15) is 5.82 Å². The Morgan fingerprint density at radius 1 is 1.37 bits per heavy atom. The Morgan fingerprint density at radius 2 is 2.11 bits per heavy atom. The summed E-state index contributed by atoms with van der Waals surface area (Å²) in [7, 11) is 0. The largest absolute Gasteiger partial charge is 0.326 e. The summed E-state index contributed by atoms with van der Waals surface area (Å²) in [6.07, 6.45) is 0.372. The first-order valence-corrected chi connectivity index (χ1v) is 6.12. The highest BCUT2D eigenvalue weighted by atomic mass is 19.1. The lowest BCUT2D eigenvalue weighted by Crippen LogP contribution is -2.43. The van der Waals surface area contributed by atoms with Crippen molar-refractivity contribution < 1.29 is 14.0 Å². The van der Waals surface area contributed by atoms with Crippen LogP contribution in [-0.2, 0) is 9.59 Å². The number of halogens is 1. The van der Waals surface area contributed by atoms with E-state index in [2.05, 4.69) is 16.0 Å². The van der Waals surface area contributed by atoms with Gasteiger partial charge < -0.3 is 16.0 Å². The quantitative estimate of drug-likeness (QED) is 0.769. The number of nitrogens with one attached hydrogen (secondary N) is 3. The minimum absolute atomic E-state index is 0.0866. The fourth-order valence-electron chi connectivity index (χ4n) is 1.86. The normalized spacial score (nSPS) is 14.6. The Balaban J connectivity index is 2.01. The first kappa shape index (κ1) is 13.5. The van der Waals surface area contributed by atoms with Crippen molar-refractivity contribution >= 4 is 23.2 Å². The molecule has 0 spiro atoms. The molecule has 1 saturated heterocycles. The molecular weight excluding hydrogens is 249 g/mol. The van der Waals surface area contributed by atoms with Gasteiger partial charge in [-0.2, -0.15) is 0 Å². The molecule has 1 aliphatic heterocycles. The van der Waals surface area contributed by atoms with Crippen molar-refractivity contribution in [3.05, 3.63) is 24.0 Å². The van der Waals surface area contributed by atoms with Crippen LogP contribution in [0.15, 0.2) is 18.2 Å². The molecule has 0 aliphatic carbocycles. The third-order valence-corrected chi connectivity index (χ3v) is 2.90. The highest BCUT2D eigenvalue weighted by Gasteiger charge is 2.20. The smallest absolute Gasteiger partial charge is 0.224 e. The maximum Gasteiger partial charge on any atom is 0.224 e. The van der Waals surface area contributed by atoms with Gasteiger partial charge in [-0.25, -0.2) is 4.39 Å². The highest BCUT2D eigenvalue weighted by molar-refractivity contribution is 5.93. The molecule has 0 atom stereocenters. The average Bonchev–Trinajstić information content (AvgIpc) is 2.27. The summed E-state index contributed by atoms with van der Waals surface area (Å²) in [4.78, 5) is 22.6. The maximum atomic E-state index is 13.6. The summed E-state index contributed by atoms with van der Waals surface area (Å²) in [6, 6.07) is 4.07. The van der Waals surface area contributed by atoms with Crippen LogP contribution in [0.3, 0.4) is 0 Å². The molecule has 0 radical (unpaired) electrons. The van der Waals surface area contributed by atoms with Crippen LogP contribution in [0, 0.1) is 11.7 Å². The number of carbonyl (C=O) groups is 2. The van der Waals surface area contributed by atoms with Crippen LogP contribution >= 0.6 is 0 Å². The second kappa shape index (κ2) is 5.79. The van der Waals surface area contributed by atoms with E-state index in [-0.39, 0.29) is 17.5 Å². The predicted molar refractivity (Wildman–Crippen MR) is 70.3 cm³/mol. The van der Waals surface area contributed by atoms with Gasteiger partial charge >= 0.3 is 0 Å². The predicted octanol–water partition coefficient (Wildman–Crippen LogP) is 1.33. The number of rotatable bonds is 4. The van der Waals surface area contributed by atoms with Gasteiger partial charge in [-0.15, -0.1) is 0 Å². The van der Waals surface area contributed by atoms with Crippen molar-refractivity contribution in [2.24, 2.45) is 5.92 Å². The minimum Gasteiger partial charge on any atom is -0.326 e. The molecule has 0 saturated carbocycles. The molecule has 19 heavy (non-hydrogen) atoms. The van der Waals surface area contributed by atoms with Crippen molar-refractivity contribution in [2.45, 2.75) is 13.3 Å². The van der Waals surface area contributed by atoms with Crippen LogP contribution in [-0.4, -0.2) is 24.9 Å². The molecule has 102 valence electrons. The summed E-state index contributed by atoms with van der Waals surface area (Å²) in [5, 5.41) is 8.14. The lowest BCUT2D eigenvalue weighted by Gasteiger charge is -2.26. The van der Waals surface area contributed by atoms with E-state index in [1.807, 2.05) is 0 Å².